The number of nitrogens with two attached hydrogens (primary N) is 2. The van der Waals surface area contributed by atoms with E-state index >= 15 is 0 Å². The SMILES string of the molecule is NCCc1nc(N)nc2cc(Cl)ccc12. The van der Waals surface area contributed by atoms with Gasteiger partial charge in [-0.05, 0) is 24.7 Å². The number of nitrogen functional groups attached to an aromatic ring is 1. The summed E-state index contributed by atoms with van der Waals surface area (Å²) in [4.78, 5) is 8.29. The largest absolute Gasteiger partial charge is 0.368 e. The van der Waals surface area contributed by atoms with E-state index in [9.17, 15) is 0 Å². The molecule has 4 nitrogen and oxygen atoms in total. The highest BCUT2D eigenvalue weighted by Gasteiger charge is 2.05. The Kier molecular flexibility index (Phi) is 2.70. The number of hydrogen-bond acceptors (Lipinski definition) is 4. The standard InChI is InChI=1S/C10H11ClN4/c11-6-1-2-7-8(3-4-12)14-10(13)15-9(7)5-6/h1-2,5H,3-4,12H2,(H2,13,14,15). The molecule has 15 heavy (non-hydrogen) atoms. The molecule has 0 radical (unpaired) electrons. The Bertz CT molecular complexity index is 493. The molecule has 0 aliphatic rings. The van der Waals surface area contributed by atoms with Gasteiger partial charge >= 0.3 is 0 Å². The van der Waals surface area contributed by atoms with Crippen LogP contribution in [0.25, 0.3) is 10.9 Å². The van der Waals surface area contributed by atoms with Crippen LogP contribution in [0.5, 0.6) is 0 Å². The van der Waals surface area contributed by atoms with Gasteiger partial charge in [-0.2, -0.15) is 0 Å². The summed E-state index contributed by atoms with van der Waals surface area (Å²) in [6, 6.07) is 5.47. The van der Waals surface area contributed by atoms with Crippen molar-refractivity contribution in [2.24, 2.45) is 5.73 Å². The number of rotatable bonds is 2. The summed E-state index contributed by atoms with van der Waals surface area (Å²) in [6.45, 7) is 0.536. The lowest BCUT2D eigenvalue weighted by molar-refractivity contribution is 0.930. The molecule has 0 unspecified atom stereocenters. The normalized spacial score (nSPS) is 10.8. The number of halogens is 1. The van der Waals surface area contributed by atoms with Crippen molar-refractivity contribution in [3.8, 4) is 0 Å². The van der Waals surface area contributed by atoms with E-state index in [2.05, 4.69) is 9.97 Å². The van der Waals surface area contributed by atoms with Crippen molar-refractivity contribution in [3.63, 3.8) is 0 Å². The van der Waals surface area contributed by atoms with Crippen molar-refractivity contribution in [1.29, 1.82) is 0 Å². The second kappa shape index (κ2) is 4.00. The van der Waals surface area contributed by atoms with E-state index in [4.69, 9.17) is 23.1 Å². The molecule has 0 aliphatic carbocycles. The highest BCUT2D eigenvalue weighted by Crippen LogP contribution is 2.21. The number of aromatic nitrogens is 2. The molecule has 0 bridgehead atoms. The van der Waals surface area contributed by atoms with E-state index in [1.807, 2.05) is 12.1 Å². The lowest BCUT2D eigenvalue weighted by Crippen LogP contribution is -2.07. The number of fused-ring (bicyclic) bond motifs is 1. The summed E-state index contributed by atoms with van der Waals surface area (Å²) in [6.07, 6.45) is 0.685. The Morgan fingerprint density at radius 3 is 2.80 bits per heavy atom. The van der Waals surface area contributed by atoms with Crippen LogP contribution >= 0.6 is 11.6 Å². The molecule has 78 valence electrons. The quantitative estimate of drug-likeness (QED) is 0.805. The third-order valence-corrected chi connectivity index (χ3v) is 2.37. The molecule has 0 saturated carbocycles. The van der Waals surface area contributed by atoms with Crippen LogP contribution < -0.4 is 11.5 Å². The van der Waals surface area contributed by atoms with Crippen molar-refractivity contribution in [2.75, 3.05) is 12.3 Å². The van der Waals surface area contributed by atoms with E-state index in [1.165, 1.54) is 0 Å². The summed E-state index contributed by atoms with van der Waals surface area (Å²) < 4.78 is 0. The van der Waals surface area contributed by atoms with Gasteiger partial charge in [-0.25, -0.2) is 9.97 Å². The highest BCUT2D eigenvalue weighted by molar-refractivity contribution is 6.31. The second-order valence-corrected chi connectivity index (χ2v) is 3.67. The maximum atomic E-state index is 5.87. The molecule has 1 aromatic carbocycles. The van der Waals surface area contributed by atoms with Crippen molar-refractivity contribution in [1.82, 2.24) is 9.97 Å². The minimum absolute atomic E-state index is 0.258. The first-order chi connectivity index (χ1) is 7.20. The molecule has 0 atom stereocenters. The molecular formula is C10H11ClN4. The Labute approximate surface area is 92.3 Å². The average Bonchev–Trinajstić information content (AvgIpc) is 2.17. The Hall–Kier alpha value is -1.39. The molecule has 2 rings (SSSR count). The molecule has 1 heterocycles. The molecule has 2 aromatic rings. The first kappa shape index (κ1) is 10.1. The third kappa shape index (κ3) is 2.00. The van der Waals surface area contributed by atoms with Crippen LogP contribution in [0.3, 0.4) is 0 Å². The van der Waals surface area contributed by atoms with Gasteiger partial charge in [0, 0.05) is 16.8 Å². The van der Waals surface area contributed by atoms with Gasteiger partial charge in [-0.1, -0.05) is 11.6 Å². The molecular weight excluding hydrogens is 212 g/mol. The third-order valence-electron chi connectivity index (χ3n) is 2.14. The molecule has 1 aromatic heterocycles. The predicted octanol–water partition coefficient (Wildman–Crippen LogP) is 1.37. The van der Waals surface area contributed by atoms with E-state index in [-0.39, 0.29) is 5.95 Å². The first-order valence-electron chi connectivity index (χ1n) is 4.62. The summed E-state index contributed by atoms with van der Waals surface area (Å²) in [5.74, 6) is 0.258. The van der Waals surface area contributed by atoms with Crippen LogP contribution in [0.4, 0.5) is 5.95 Å². The van der Waals surface area contributed by atoms with Gasteiger partial charge in [0.2, 0.25) is 5.95 Å². The van der Waals surface area contributed by atoms with Crippen molar-refractivity contribution < 1.29 is 0 Å². The number of hydrogen-bond donors (Lipinski definition) is 2. The highest BCUT2D eigenvalue weighted by atomic mass is 35.5. The van der Waals surface area contributed by atoms with Crippen LogP contribution in [0, 0.1) is 0 Å². The van der Waals surface area contributed by atoms with Crippen LogP contribution in [0.2, 0.25) is 5.02 Å². The second-order valence-electron chi connectivity index (χ2n) is 3.23. The zero-order valence-electron chi connectivity index (χ0n) is 8.07. The molecule has 0 aliphatic heterocycles. The minimum Gasteiger partial charge on any atom is -0.368 e. The Balaban J connectivity index is 2.68. The smallest absolute Gasteiger partial charge is 0.220 e. The molecule has 0 spiro atoms. The van der Waals surface area contributed by atoms with Crippen molar-refractivity contribution >= 4 is 28.5 Å². The topological polar surface area (TPSA) is 77.8 Å². The summed E-state index contributed by atoms with van der Waals surface area (Å²) >= 11 is 5.87. The van der Waals surface area contributed by atoms with E-state index < -0.39 is 0 Å². The number of anilines is 1. The summed E-state index contributed by atoms with van der Waals surface area (Å²) in [7, 11) is 0. The van der Waals surface area contributed by atoms with Gasteiger partial charge in [-0.15, -0.1) is 0 Å². The lowest BCUT2D eigenvalue weighted by atomic mass is 10.1. The fraction of sp³-hybridized carbons (Fsp3) is 0.200. The molecule has 5 heteroatoms. The molecule has 0 amide bonds. The van der Waals surface area contributed by atoms with Crippen LogP contribution in [0.15, 0.2) is 18.2 Å². The van der Waals surface area contributed by atoms with Gasteiger partial charge in [0.05, 0.1) is 11.2 Å². The van der Waals surface area contributed by atoms with Crippen LogP contribution in [-0.2, 0) is 6.42 Å². The molecule has 0 fully saturated rings. The maximum absolute atomic E-state index is 5.87. The number of benzene rings is 1. The summed E-state index contributed by atoms with van der Waals surface area (Å²) in [5.41, 5.74) is 12.7. The predicted molar refractivity (Wildman–Crippen MR) is 61.7 cm³/mol. The average molecular weight is 223 g/mol. The fourth-order valence-electron chi connectivity index (χ4n) is 1.52. The maximum Gasteiger partial charge on any atom is 0.220 e. The molecule has 4 N–H and O–H groups in total. The van der Waals surface area contributed by atoms with E-state index in [0.717, 1.165) is 16.6 Å². The van der Waals surface area contributed by atoms with E-state index in [1.54, 1.807) is 6.07 Å². The van der Waals surface area contributed by atoms with Crippen LogP contribution in [0.1, 0.15) is 5.69 Å². The van der Waals surface area contributed by atoms with E-state index in [0.29, 0.717) is 18.0 Å². The lowest BCUT2D eigenvalue weighted by Gasteiger charge is -2.05. The zero-order valence-corrected chi connectivity index (χ0v) is 8.83. The summed E-state index contributed by atoms with van der Waals surface area (Å²) in [5, 5.41) is 1.60. The van der Waals surface area contributed by atoms with Crippen molar-refractivity contribution in [2.45, 2.75) is 6.42 Å². The van der Waals surface area contributed by atoms with Gasteiger partial charge in [0.25, 0.3) is 0 Å². The number of nitrogens with zero attached hydrogens (tertiary/aromatic N) is 2. The van der Waals surface area contributed by atoms with Gasteiger partial charge < -0.3 is 11.5 Å². The van der Waals surface area contributed by atoms with Crippen LogP contribution in [-0.4, -0.2) is 16.5 Å². The van der Waals surface area contributed by atoms with Gasteiger partial charge in [-0.3, -0.25) is 0 Å². The van der Waals surface area contributed by atoms with Gasteiger partial charge in [0.15, 0.2) is 0 Å². The van der Waals surface area contributed by atoms with Gasteiger partial charge in [0.1, 0.15) is 0 Å². The Morgan fingerprint density at radius 1 is 1.27 bits per heavy atom. The first-order valence-corrected chi connectivity index (χ1v) is 5.00. The molecule has 0 saturated heterocycles. The zero-order chi connectivity index (χ0) is 10.8. The minimum atomic E-state index is 0.258. The van der Waals surface area contributed by atoms with Crippen molar-refractivity contribution in [3.05, 3.63) is 28.9 Å². The Morgan fingerprint density at radius 2 is 2.07 bits per heavy atom. The monoisotopic (exact) mass is 222 g/mol. The fourth-order valence-corrected chi connectivity index (χ4v) is 1.68.